The molecule has 0 saturated carbocycles. The average molecular weight is 248 g/mol. The van der Waals surface area contributed by atoms with Gasteiger partial charge >= 0.3 is 5.97 Å². The maximum absolute atomic E-state index is 11.3. The number of nitrogens with zero attached hydrogens (tertiary/aromatic N) is 1. The Morgan fingerprint density at radius 1 is 1.17 bits per heavy atom. The number of likely N-dealkylation sites (tertiary alicyclic amines) is 1. The first kappa shape index (κ1) is 12.1. The summed E-state index contributed by atoms with van der Waals surface area (Å²) >= 11 is 0. The summed E-state index contributed by atoms with van der Waals surface area (Å²) in [7, 11) is 0. The minimum atomic E-state index is -0.994. The number of carbonyl (C=O) groups is 3. The minimum absolute atomic E-state index is 0.115. The predicted molar refractivity (Wildman–Crippen MR) is 63.0 cm³/mol. The molecule has 1 heterocycles. The maximum atomic E-state index is 11.3. The van der Waals surface area contributed by atoms with Gasteiger partial charge in [0.25, 0.3) is 0 Å². The molecule has 6 nitrogen and oxygen atoms in total. The van der Waals surface area contributed by atoms with Gasteiger partial charge in [-0.05, 0) is 24.3 Å². The highest BCUT2D eigenvalue weighted by Gasteiger charge is 2.28. The molecule has 2 N–H and O–H groups in total. The van der Waals surface area contributed by atoms with Crippen LogP contribution >= 0.6 is 0 Å². The number of hydrogen-bond donors (Lipinski definition) is 2. The molecule has 0 spiro atoms. The SMILES string of the molecule is O=C(O)c1ccc(NCN2C(=O)CCC2=O)cc1. The molecule has 94 valence electrons. The molecule has 0 atom stereocenters. The van der Waals surface area contributed by atoms with Gasteiger partial charge in [0, 0.05) is 18.5 Å². The van der Waals surface area contributed by atoms with Crippen LogP contribution in [0.1, 0.15) is 23.2 Å². The van der Waals surface area contributed by atoms with E-state index in [1.807, 2.05) is 0 Å². The summed E-state index contributed by atoms with van der Waals surface area (Å²) in [6.45, 7) is 0.115. The van der Waals surface area contributed by atoms with E-state index in [4.69, 9.17) is 5.11 Å². The lowest BCUT2D eigenvalue weighted by Crippen LogP contribution is -2.33. The number of rotatable bonds is 4. The number of hydrogen-bond acceptors (Lipinski definition) is 4. The number of imide groups is 1. The van der Waals surface area contributed by atoms with Crippen molar-refractivity contribution in [2.75, 3.05) is 12.0 Å². The predicted octanol–water partition coefficient (Wildman–Crippen LogP) is 0.903. The maximum Gasteiger partial charge on any atom is 0.335 e. The van der Waals surface area contributed by atoms with Crippen molar-refractivity contribution in [1.82, 2.24) is 4.90 Å². The van der Waals surface area contributed by atoms with Gasteiger partial charge in [-0.3, -0.25) is 14.5 Å². The van der Waals surface area contributed by atoms with Gasteiger partial charge in [-0.2, -0.15) is 0 Å². The molecular formula is C12H12N2O4. The van der Waals surface area contributed by atoms with Crippen LogP contribution < -0.4 is 5.32 Å². The molecule has 0 bridgehead atoms. The smallest absolute Gasteiger partial charge is 0.335 e. The van der Waals surface area contributed by atoms with E-state index >= 15 is 0 Å². The second-order valence-corrected chi connectivity index (χ2v) is 3.93. The number of amides is 2. The average Bonchev–Trinajstić information content (AvgIpc) is 2.67. The van der Waals surface area contributed by atoms with Crippen LogP contribution in [0.3, 0.4) is 0 Å². The number of nitrogens with one attached hydrogen (secondary N) is 1. The number of benzene rings is 1. The van der Waals surface area contributed by atoms with Crippen LogP contribution in [0.4, 0.5) is 5.69 Å². The number of aromatic carboxylic acids is 1. The summed E-state index contributed by atoms with van der Waals surface area (Å²) in [4.78, 5) is 34.5. The van der Waals surface area contributed by atoms with Crippen molar-refractivity contribution in [2.45, 2.75) is 12.8 Å². The Morgan fingerprint density at radius 2 is 1.72 bits per heavy atom. The molecule has 2 rings (SSSR count). The summed E-state index contributed by atoms with van der Waals surface area (Å²) in [5.74, 6) is -1.37. The third-order valence-corrected chi connectivity index (χ3v) is 2.73. The molecule has 1 aliphatic heterocycles. The van der Waals surface area contributed by atoms with Crippen molar-refractivity contribution >= 4 is 23.5 Å². The highest BCUT2D eigenvalue weighted by Crippen LogP contribution is 2.13. The molecule has 0 aliphatic carbocycles. The van der Waals surface area contributed by atoms with Crippen LogP contribution in [-0.4, -0.2) is 34.5 Å². The topological polar surface area (TPSA) is 86.7 Å². The van der Waals surface area contributed by atoms with Gasteiger partial charge in [0.05, 0.1) is 12.2 Å². The third-order valence-electron chi connectivity index (χ3n) is 2.73. The van der Waals surface area contributed by atoms with Crippen molar-refractivity contribution in [3.8, 4) is 0 Å². The van der Waals surface area contributed by atoms with Crippen LogP contribution in [0.2, 0.25) is 0 Å². The minimum Gasteiger partial charge on any atom is -0.478 e. The third kappa shape index (κ3) is 2.48. The molecule has 2 amide bonds. The lowest BCUT2D eigenvalue weighted by molar-refractivity contribution is -0.137. The standard InChI is InChI=1S/C12H12N2O4/c15-10-5-6-11(16)14(10)7-13-9-3-1-8(2-4-9)12(17)18/h1-4,13H,5-7H2,(H,17,18). The molecule has 1 saturated heterocycles. The van der Waals surface area contributed by atoms with Crippen LogP contribution in [-0.2, 0) is 9.59 Å². The Hall–Kier alpha value is -2.37. The lowest BCUT2D eigenvalue weighted by atomic mass is 10.2. The van der Waals surface area contributed by atoms with E-state index in [0.717, 1.165) is 4.90 Å². The summed E-state index contributed by atoms with van der Waals surface area (Å²) in [5.41, 5.74) is 0.848. The molecule has 1 aromatic carbocycles. The van der Waals surface area contributed by atoms with E-state index < -0.39 is 5.97 Å². The van der Waals surface area contributed by atoms with E-state index in [2.05, 4.69) is 5.32 Å². The van der Waals surface area contributed by atoms with E-state index in [0.29, 0.717) is 5.69 Å². The van der Waals surface area contributed by atoms with Gasteiger partial charge in [0.15, 0.2) is 0 Å². The van der Waals surface area contributed by atoms with Crippen LogP contribution in [0.5, 0.6) is 0 Å². The number of carbonyl (C=O) groups excluding carboxylic acids is 2. The van der Waals surface area contributed by atoms with E-state index in [-0.39, 0.29) is 36.9 Å². The van der Waals surface area contributed by atoms with Gasteiger partial charge in [-0.15, -0.1) is 0 Å². The zero-order chi connectivity index (χ0) is 13.1. The molecule has 1 aromatic rings. The molecule has 1 fully saturated rings. The fourth-order valence-electron chi connectivity index (χ4n) is 1.70. The Balaban J connectivity index is 1.96. The van der Waals surface area contributed by atoms with Gasteiger partial charge in [-0.1, -0.05) is 0 Å². The molecule has 18 heavy (non-hydrogen) atoms. The first-order valence-electron chi connectivity index (χ1n) is 5.48. The molecule has 0 aromatic heterocycles. The zero-order valence-corrected chi connectivity index (χ0v) is 9.55. The molecular weight excluding hydrogens is 236 g/mol. The largest absolute Gasteiger partial charge is 0.478 e. The number of carboxylic acid groups (broad SMARTS) is 1. The van der Waals surface area contributed by atoms with Crippen molar-refractivity contribution in [1.29, 1.82) is 0 Å². The molecule has 0 radical (unpaired) electrons. The summed E-state index contributed by atoms with van der Waals surface area (Å²) in [6.07, 6.45) is 0.525. The highest BCUT2D eigenvalue weighted by atomic mass is 16.4. The normalized spacial score (nSPS) is 15.0. The van der Waals surface area contributed by atoms with Crippen molar-refractivity contribution in [2.24, 2.45) is 0 Å². The van der Waals surface area contributed by atoms with E-state index in [1.54, 1.807) is 12.1 Å². The van der Waals surface area contributed by atoms with Crippen LogP contribution in [0.25, 0.3) is 0 Å². The number of carboxylic acids is 1. The highest BCUT2D eigenvalue weighted by molar-refractivity contribution is 6.02. The van der Waals surface area contributed by atoms with Crippen molar-refractivity contribution in [3.63, 3.8) is 0 Å². The molecule has 1 aliphatic rings. The Morgan fingerprint density at radius 3 is 2.22 bits per heavy atom. The van der Waals surface area contributed by atoms with Gasteiger partial charge < -0.3 is 10.4 Å². The first-order chi connectivity index (χ1) is 8.58. The van der Waals surface area contributed by atoms with Gasteiger partial charge in [0.2, 0.25) is 11.8 Å². The summed E-state index contributed by atoms with van der Waals surface area (Å²) in [5, 5.41) is 11.6. The van der Waals surface area contributed by atoms with E-state index in [9.17, 15) is 14.4 Å². The monoisotopic (exact) mass is 248 g/mol. The lowest BCUT2D eigenvalue weighted by Gasteiger charge is -2.15. The van der Waals surface area contributed by atoms with Crippen LogP contribution in [0.15, 0.2) is 24.3 Å². The molecule has 6 heteroatoms. The fraction of sp³-hybridized carbons (Fsp3) is 0.250. The second kappa shape index (κ2) is 4.87. The van der Waals surface area contributed by atoms with Crippen molar-refractivity contribution < 1.29 is 19.5 Å². The summed E-state index contributed by atoms with van der Waals surface area (Å²) < 4.78 is 0. The van der Waals surface area contributed by atoms with E-state index in [1.165, 1.54) is 12.1 Å². The summed E-state index contributed by atoms with van der Waals surface area (Å²) in [6, 6.07) is 6.10. The Labute approximate surface area is 103 Å². The van der Waals surface area contributed by atoms with Gasteiger partial charge in [-0.25, -0.2) is 4.79 Å². The second-order valence-electron chi connectivity index (χ2n) is 3.93. The van der Waals surface area contributed by atoms with Crippen LogP contribution in [0, 0.1) is 0 Å². The quantitative estimate of drug-likeness (QED) is 0.773. The number of anilines is 1. The zero-order valence-electron chi connectivity index (χ0n) is 9.55. The van der Waals surface area contributed by atoms with Gasteiger partial charge in [0.1, 0.15) is 0 Å². The van der Waals surface area contributed by atoms with Crippen molar-refractivity contribution in [3.05, 3.63) is 29.8 Å². The Bertz CT molecular complexity index is 479. The first-order valence-corrected chi connectivity index (χ1v) is 5.48. The Kier molecular flexibility index (Phi) is 3.27. The molecule has 0 unspecified atom stereocenters. The fourth-order valence-corrected chi connectivity index (χ4v) is 1.70.